The van der Waals surface area contributed by atoms with Gasteiger partial charge < -0.3 is 20.1 Å². The molecule has 2 aromatic carbocycles. The van der Waals surface area contributed by atoms with Crippen molar-refractivity contribution in [3.63, 3.8) is 0 Å². The van der Waals surface area contributed by atoms with Crippen molar-refractivity contribution in [1.29, 1.82) is 0 Å². The molecule has 2 aliphatic heterocycles. The average molecular weight is 550 g/mol. The largest absolute Gasteiger partial charge is 0.433 e. The van der Waals surface area contributed by atoms with Crippen molar-refractivity contribution in [3.8, 4) is 11.1 Å². The molecule has 1 aromatic heterocycles. The van der Waals surface area contributed by atoms with E-state index in [1.807, 2.05) is 30.0 Å². The van der Waals surface area contributed by atoms with Gasteiger partial charge in [0.15, 0.2) is 5.67 Å². The van der Waals surface area contributed by atoms with Crippen LogP contribution < -0.4 is 10.2 Å². The number of rotatable bonds is 4. The molecular formula is C27H24ClF4N3O3. The lowest BCUT2D eigenvalue weighted by Gasteiger charge is -2.48. The Bertz CT molecular complexity index is 1400. The van der Waals surface area contributed by atoms with E-state index in [0.717, 1.165) is 34.0 Å². The number of benzene rings is 2. The lowest BCUT2D eigenvalue weighted by atomic mass is 9.82. The van der Waals surface area contributed by atoms with E-state index in [0.29, 0.717) is 24.9 Å². The van der Waals surface area contributed by atoms with Crippen molar-refractivity contribution < 1.29 is 32.2 Å². The molecule has 2 N–H and O–H groups in total. The van der Waals surface area contributed by atoms with Crippen LogP contribution in [0.4, 0.5) is 28.9 Å². The zero-order valence-electron chi connectivity index (χ0n) is 20.3. The van der Waals surface area contributed by atoms with Crippen LogP contribution in [0.15, 0.2) is 48.5 Å². The van der Waals surface area contributed by atoms with E-state index in [1.165, 1.54) is 0 Å². The van der Waals surface area contributed by atoms with Gasteiger partial charge in [-0.05, 0) is 59.5 Å². The molecule has 6 nitrogen and oxygen atoms in total. The first-order valence-corrected chi connectivity index (χ1v) is 12.3. The second-order valence-corrected chi connectivity index (χ2v) is 9.93. The van der Waals surface area contributed by atoms with Crippen LogP contribution in [0.2, 0.25) is 5.15 Å². The fourth-order valence-corrected chi connectivity index (χ4v) is 5.26. The minimum Gasteiger partial charge on any atom is -0.393 e. The number of halogens is 5. The lowest BCUT2D eigenvalue weighted by Crippen LogP contribution is -2.62. The van der Waals surface area contributed by atoms with E-state index in [9.17, 15) is 23.1 Å². The SMILES string of the molecule is Cc1ccc(NC(=O)c2cc(Cl)nc(C(F)(F)F)c2)cc1-c1ccc2c(c1)N1CCOC[C@H]1[C@](F)(CO)C2. The molecule has 2 atom stereocenters. The summed E-state index contributed by atoms with van der Waals surface area (Å²) >= 11 is 5.72. The number of amides is 1. The minimum absolute atomic E-state index is 0.0626. The molecular weight excluding hydrogens is 526 g/mol. The maximum atomic E-state index is 15.5. The summed E-state index contributed by atoms with van der Waals surface area (Å²) in [6, 6.07) is 11.9. The molecule has 3 heterocycles. The number of alkyl halides is 4. The van der Waals surface area contributed by atoms with Crippen LogP contribution in [0.3, 0.4) is 0 Å². The maximum Gasteiger partial charge on any atom is 0.433 e. The molecule has 0 unspecified atom stereocenters. The number of anilines is 2. The number of carbonyl (C=O) groups is 1. The molecule has 2 aliphatic rings. The minimum atomic E-state index is -4.75. The average Bonchev–Trinajstić information content (AvgIpc) is 2.89. The Labute approximate surface area is 221 Å². The van der Waals surface area contributed by atoms with Crippen LogP contribution in [0.25, 0.3) is 11.1 Å². The molecule has 200 valence electrons. The molecule has 11 heteroatoms. The Morgan fingerprint density at radius 3 is 2.76 bits per heavy atom. The van der Waals surface area contributed by atoms with Crippen molar-refractivity contribution in [2.75, 3.05) is 36.6 Å². The van der Waals surface area contributed by atoms with Crippen molar-refractivity contribution >= 4 is 28.9 Å². The fraction of sp³-hybridized carbons (Fsp3) is 0.333. The zero-order valence-corrected chi connectivity index (χ0v) is 21.0. The number of aliphatic hydroxyl groups excluding tert-OH is 1. The fourth-order valence-electron chi connectivity index (χ4n) is 5.05. The third kappa shape index (κ3) is 4.95. The normalized spacial score (nSPS) is 21.0. The van der Waals surface area contributed by atoms with Crippen LogP contribution in [-0.4, -0.2) is 54.1 Å². The molecule has 0 saturated carbocycles. The summed E-state index contributed by atoms with van der Waals surface area (Å²) in [7, 11) is 0. The van der Waals surface area contributed by atoms with E-state index < -0.39 is 41.2 Å². The van der Waals surface area contributed by atoms with Gasteiger partial charge in [-0.2, -0.15) is 13.2 Å². The monoisotopic (exact) mass is 549 g/mol. The number of aromatic nitrogens is 1. The molecule has 5 rings (SSSR count). The molecule has 0 radical (unpaired) electrons. The maximum absolute atomic E-state index is 15.5. The predicted octanol–water partition coefficient (Wildman–Crippen LogP) is 5.44. The van der Waals surface area contributed by atoms with Gasteiger partial charge in [-0.25, -0.2) is 9.37 Å². The number of aliphatic hydroxyl groups is 1. The number of carbonyl (C=O) groups excluding carboxylic acids is 1. The van der Waals surface area contributed by atoms with Crippen LogP contribution in [0, 0.1) is 6.92 Å². The summed E-state index contributed by atoms with van der Waals surface area (Å²) in [5, 5.41) is 12.0. The molecule has 0 bridgehead atoms. The van der Waals surface area contributed by atoms with Crippen LogP contribution in [0.5, 0.6) is 0 Å². The van der Waals surface area contributed by atoms with E-state index in [4.69, 9.17) is 16.3 Å². The standard InChI is InChI=1S/C27H24ClF4N3O3/c1-15-2-5-19(33-25(37)18-9-22(27(30,31)32)34-24(28)10-18)11-20(15)16-3-4-17-12-26(29,14-36)23-13-38-7-6-35(23)21(17)8-16/h2-5,8-11,23,36H,6-7,12-14H2,1H3,(H,33,37)/t23-,26+/m0/s1. The summed E-state index contributed by atoms with van der Waals surface area (Å²) in [5.74, 6) is -0.764. The first kappa shape index (κ1) is 26.4. The summed E-state index contributed by atoms with van der Waals surface area (Å²) in [5.41, 5.74) is 1.19. The molecule has 1 fully saturated rings. The Kier molecular flexibility index (Phi) is 6.83. The van der Waals surface area contributed by atoms with Crippen molar-refractivity contribution in [1.82, 2.24) is 4.98 Å². The first-order valence-electron chi connectivity index (χ1n) is 11.9. The van der Waals surface area contributed by atoms with Crippen molar-refractivity contribution in [3.05, 3.63) is 76.1 Å². The van der Waals surface area contributed by atoms with Gasteiger partial charge in [0.2, 0.25) is 0 Å². The smallest absolute Gasteiger partial charge is 0.393 e. The highest BCUT2D eigenvalue weighted by Crippen LogP contribution is 2.42. The van der Waals surface area contributed by atoms with E-state index >= 15 is 4.39 Å². The summed E-state index contributed by atoms with van der Waals surface area (Å²) in [4.78, 5) is 18.0. The molecule has 1 saturated heterocycles. The molecule has 38 heavy (non-hydrogen) atoms. The molecule has 0 aliphatic carbocycles. The Morgan fingerprint density at radius 2 is 2.03 bits per heavy atom. The third-order valence-corrected chi connectivity index (χ3v) is 7.21. The lowest BCUT2D eigenvalue weighted by molar-refractivity contribution is -0.141. The van der Waals surface area contributed by atoms with Gasteiger partial charge in [-0.1, -0.05) is 29.8 Å². The number of aryl methyl sites for hydroxylation is 1. The highest BCUT2D eigenvalue weighted by atomic mass is 35.5. The van der Waals surface area contributed by atoms with Gasteiger partial charge in [0.25, 0.3) is 5.91 Å². The number of ether oxygens (including phenoxy) is 1. The number of hydrogen-bond acceptors (Lipinski definition) is 5. The van der Waals surface area contributed by atoms with Gasteiger partial charge in [0.1, 0.15) is 10.8 Å². The van der Waals surface area contributed by atoms with E-state index in [2.05, 4.69) is 10.3 Å². The van der Waals surface area contributed by atoms with Crippen LogP contribution in [0.1, 0.15) is 27.2 Å². The number of fused-ring (bicyclic) bond motifs is 3. The predicted molar refractivity (Wildman–Crippen MR) is 135 cm³/mol. The van der Waals surface area contributed by atoms with Gasteiger partial charge in [-0.15, -0.1) is 0 Å². The second-order valence-electron chi connectivity index (χ2n) is 9.54. The molecule has 1 amide bonds. The van der Waals surface area contributed by atoms with Crippen LogP contribution in [-0.2, 0) is 17.3 Å². The summed E-state index contributed by atoms with van der Waals surface area (Å²) in [6.07, 6.45) is -4.69. The Balaban J connectivity index is 1.46. The Hall–Kier alpha value is -3.21. The van der Waals surface area contributed by atoms with Crippen molar-refractivity contribution in [2.45, 2.75) is 31.2 Å². The van der Waals surface area contributed by atoms with Gasteiger partial charge in [0.05, 0.1) is 25.9 Å². The van der Waals surface area contributed by atoms with E-state index in [1.54, 1.807) is 18.2 Å². The van der Waals surface area contributed by atoms with Gasteiger partial charge in [-0.3, -0.25) is 4.79 Å². The van der Waals surface area contributed by atoms with E-state index in [-0.39, 0.29) is 18.6 Å². The van der Waals surface area contributed by atoms with Crippen molar-refractivity contribution in [2.24, 2.45) is 0 Å². The molecule has 3 aromatic rings. The third-order valence-electron chi connectivity index (χ3n) is 7.02. The highest BCUT2D eigenvalue weighted by molar-refractivity contribution is 6.29. The van der Waals surface area contributed by atoms with Crippen LogP contribution >= 0.6 is 11.6 Å². The zero-order chi connectivity index (χ0) is 27.2. The number of pyridine rings is 1. The quantitative estimate of drug-likeness (QED) is 0.335. The van der Waals surface area contributed by atoms with Gasteiger partial charge in [0, 0.05) is 29.9 Å². The topological polar surface area (TPSA) is 74.7 Å². The molecule has 0 spiro atoms. The van der Waals surface area contributed by atoms with Gasteiger partial charge >= 0.3 is 6.18 Å². The second kappa shape index (κ2) is 9.83. The number of nitrogens with one attached hydrogen (secondary N) is 1. The summed E-state index contributed by atoms with van der Waals surface area (Å²) in [6.45, 7) is 2.39. The highest BCUT2D eigenvalue weighted by Gasteiger charge is 2.48. The number of morpholine rings is 1. The number of nitrogens with zero attached hydrogens (tertiary/aromatic N) is 2. The number of hydrogen-bond donors (Lipinski definition) is 2. The first-order chi connectivity index (χ1) is 18.0. The Morgan fingerprint density at radius 1 is 1.24 bits per heavy atom. The summed E-state index contributed by atoms with van der Waals surface area (Å²) < 4.78 is 60.4.